The number of carboxylic acid groups (broad SMARTS) is 1. The highest BCUT2D eigenvalue weighted by Crippen LogP contribution is 2.04. The van der Waals surface area contributed by atoms with Crippen molar-refractivity contribution in [3.63, 3.8) is 0 Å². The number of carboxylic acids is 1. The van der Waals surface area contributed by atoms with Crippen LogP contribution in [0.3, 0.4) is 0 Å². The highest BCUT2D eigenvalue weighted by molar-refractivity contribution is 5.73. The Morgan fingerprint density at radius 1 is 1.62 bits per heavy atom. The number of carbonyl (C=O) groups is 1. The summed E-state index contributed by atoms with van der Waals surface area (Å²) in [6, 6.07) is -0.335. The summed E-state index contributed by atoms with van der Waals surface area (Å²) < 4.78 is 0. The highest BCUT2D eigenvalue weighted by atomic mass is 16.4. The maximum absolute atomic E-state index is 10.8. The Morgan fingerprint density at radius 2 is 2.23 bits per heavy atom. The van der Waals surface area contributed by atoms with Crippen LogP contribution < -0.4 is 5.32 Å². The smallest absolute Gasteiger partial charge is 0.320 e. The van der Waals surface area contributed by atoms with E-state index < -0.39 is 5.97 Å². The Bertz CT molecular complexity index is 151. The first-order valence-corrected chi connectivity index (χ1v) is 4.71. The van der Waals surface area contributed by atoms with Crippen LogP contribution in [0.2, 0.25) is 0 Å². The predicted octanol–water partition coefficient (Wildman–Crippen LogP) is 0.391. The van der Waals surface area contributed by atoms with Gasteiger partial charge in [-0.1, -0.05) is 13.3 Å². The van der Waals surface area contributed by atoms with Crippen LogP contribution in [0.15, 0.2) is 0 Å². The lowest BCUT2D eigenvalue weighted by atomic mass is 10.1. The molecule has 0 amide bonds. The number of nitrogens with zero attached hydrogens (tertiary/aromatic N) is 1. The van der Waals surface area contributed by atoms with E-state index in [1.54, 1.807) is 0 Å². The summed E-state index contributed by atoms with van der Waals surface area (Å²) in [7, 11) is 3.72. The molecule has 13 heavy (non-hydrogen) atoms. The molecule has 0 heterocycles. The molecule has 0 aromatic heterocycles. The van der Waals surface area contributed by atoms with E-state index in [9.17, 15) is 4.79 Å². The monoisotopic (exact) mass is 188 g/mol. The fourth-order valence-corrected chi connectivity index (χ4v) is 1.25. The van der Waals surface area contributed by atoms with Gasteiger partial charge in [-0.25, -0.2) is 0 Å². The van der Waals surface area contributed by atoms with Crippen molar-refractivity contribution in [3.8, 4) is 0 Å². The average molecular weight is 188 g/mol. The van der Waals surface area contributed by atoms with Crippen LogP contribution in [0.1, 0.15) is 19.8 Å². The van der Waals surface area contributed by atoms with E-state index >= 15 is 0 Å². The maximum Gasteiger partial charge on any atom is 0.320 e. The van der Waals surface area contributed by atoms with E-state index in [2.05, 4.69) is 5.32 Å². The van der Waals surface area contributed by atoms with Gasteiger partial charge in [0.15, 0.2) is 0 Å². The molecule has 0 aromatic rings. The number of hydrogen-bond donors (Lipinski definition) is 2. The molecule has 0 spiro atoms. The quantitative estimate of drug-likeness (QED) is 0.607. The van der Waals surface area contributed by atoms with Gasteiger partial charge in [0.05, 0.1) is 0 Å². The Labute approximate surface area is 79.9 Å². The van der Waals surface area contributed by atoms with Crippen molar-refractivity contribution in [2.24, 2.45) is 0 Å². The average Bonchev–Trinajstić information content (AvgIpc) is 2.09. The van der Waals surface area contributed by atoms with E-state index in [0.717, 1.165) is 25.9 Å². The number of likely N-dealkylation sites (N-methyl/N-ethyl adjacent to an activating group) is 2. The molecule has 0 rings (SSSR count). The summed E-state index contributed by atoms with van der Waals surface area (Å²) in [6.07, 6.45) is 1.62. The molecule has 1 atom stereocenters. The van der Waals surface area contributed by atoms with Gasteiger partial charge in [-0.3, -0.25) is 9.69 Å². The van der Waals surface area contributed by atoms with Crippen LogP contribution in [0, 0.1) is 0 Å². The lowest BCUT2D eigenvalue weighted by molar-refractivity contribution is -0.143. The molecular weight excluding hydrogens is 168 g/mol. The molecule has 0 aliphatic rings. The zero-order chi connectivity index (χ0) is 10.3. The summed E-state index contributed by atoms with van der Waals surface area (Å²) in [6.45, 7) is 3.60. The third kappa shape index (κ3) is 4.85. The third-order valence-electron chi connectivity index (χ3n) is 2.09. The largest absolute Gasteiger partial charge is 0.480 e. The summed E-state index contributed by atoms with van der Waals surface area (Å²) in [5, 5.41) is 11.9. The lowest BCUT2D eigenvalue weighted by Crippen LogP contribution is -2.41. The molecule has 0 saturated heterocycles. The minimum Gasteiger partial charge on any atom is -0.480 e. The molecule has 0 aliphatic carbocycles. The number of nitrogens with one attached hydrogen (secondary N) is 1. The molecular formula is C9H20N2O2. The maximum atomic E-state index is 10.8. The predicted molar refractivity (Wildman–Crippen MR) is 52.9 cm³/mol. The lowest BCUT2D eigenvalue weighted by Gasteiger charge is -2.23. The van der Waals surface area contributed by atoms with Crippen molar-refractivity contribution in [3.05, 3.63) is 0 Å². The van der Waals surface area contributed by atoms with Crippen LogP contribution in [0.4, 0.5) is 0 Å². The topological polar surface area (TPSA) is 52.6 Å². The number of rotatable bonds is 7. The van der Waals surface area contributed by atoms with Gasteiger partial charge in [-0.05, 0) is 20.5 Å². The standard InChI is InChI=1S/C9H20N2O2/c1-4-5-8(9(12)13)11(3)7-6-10-2/h8,10H,4-7H2,1-3H3,(H,12,13). The van der Waals surface area contributed by atoms with Crippen molar-refractivity contribution in [1.29, 1.82) is 0 Å². The normalized spacial score (nSPS) is 13.2. The minimum atomic E-state index is -0.722. The number of hydrogen-bond acceptors (Lipinski definition) is 3. The van der Waals surface area contributed by atoms with Crippen molar-refractivity contribution < 1.29 is 9.90 Å². The third-order valence-corrected chi connectivity index (χ3v) is 2.09. The second-order valence-electron chi connectivity index (χ2n) is 3.23. The molecule has 78 valence electrons. The van der Waals surface area contributed by atoms with E-state index in [0.29, 0.717) is 0 Å². The molecule has 0 aromatic carbocycles. The molecule has 0 saturated carbocycles. The first-order valence-electron chi connectivity index (χ1n) is 4.71. The number of aliphatic carboxylic acids is 1. The molecule has 0 fully saturated rings. The van der Waals surface area contributed by atoms with Crippen LogP contribution in [0.25, 0.3) is 0 Å². The minimum absolute atomic E-state index is 0.335. The van der Waals surface area contributed by atoms with Crippen LogP contribution in [-0.4, -0.2) is 49.2 Å². The molecule has 4 heteroatoms. The fraction of sp³-hybridized carbons (Fsp3) is 0.889. The van der Waals surface area contributed by atoms with Crippen molar-refractivity contribution in [2.45, 2.75) is 25.8 Å². The second kappa shape index (κ2) is 6.86. The van der Waals surface area contributed by atoms with E-state index in [4.69, 9.17) is 5.11 Å². The molecule has 0 aliphatic heterocycles. The first kappa shape index (κ1) is 12.4. The molecule has 2 N–H and O–H groups in total. The van der Waals surface area contributed by atoms with Gasteiger partial charge in [-0.15, -0.1) is 0 Å². The summed E-state index contributed by atoms with van der Waals surface area (Å²) in [5.41, 5.74) is 0. The van der Waals surface area contributed by atoms with E-state index in [1.165, 1.54) is 0 Å². The summed E-state index contributed by atoms with van der Waals surface area (Å²) in [5.74, 6) is -0.722. The van der Waals surface area contributed by atoms with Crippen molar-refractivity contribution >= 4 is 5.97 Å². The zero-order valence-electron chi connectivity index (χ0n) is 8.71. The molecule has 4 nitrogen and oxygen atoms in total. The van der Waals surface area contributed by atoms with Gasteiger partial charge in [-0.2, -0.15) is 0 Å². The SMILES string of the molecule is CCCC(C(=O)O)N(C)CCNC. The van der Waals surface area contributed by atoms with Crippen LogP contribution in [0.5, 0.6) is 0 Å². The van der Waals surface area contributed by atoms with Crippen LogP contribution >= 0.6 is 0 Å². The summed E-state index contributed by atoms with van der Waals surface area (Å²) in [4.78, 5) is 12.7. The first-order chi connectivity index (χ1) is 6.13. The fourth-order valence-electron chi connectivity index (χ4n) is 1.25. The highest BCUT2D eigenvalue weighted by Gasteiger charge is 2.20. The Morgan fingerprint density at radius 3 is 2.62 bits per heavy atom. The van der Waals surface area contributed by atoms with Gasteiger partial charge in [0.25, 0.3) is 0 Å². The molecule has 0 radical (unpaired) electrons. The van der Waals surface area contributed by atoms with Crippen molar-refractivity contribution in [1.82, 2.24) is 10.2 Å². The van der Waals surface area contributed by atoms with Crippen LogP contribution in [-0.2, 0) is 4.79 Å². The van der Waals surface area contributed by atoms with Gasteiger partial charge in [0, 0.05) is 13.1 Å². The Kier molecular flexibility index (Phi) is 6.54. The van der Waals surface area contributed by atoms with Gasteiger partial charge < -0.3 is 10.4 Å². The summed E-state index contributed by atoms with van der Waals surface area (Å²) >= 11 is 0. The molecule has 0 bridgehead atoms. The van der Waals surface area contributed by atoms with E-state index in [-0.39, 0.29) is 6.04 Å². The zero-order valence-corrected chi connectivity index (χ0v) is 8.71. The second-order valence-corrected chi connectivity index (χ2v) is 3.23. The van der Waals surface area contributed by atoms with Crippen molar-refractivity contribution in [2.75, 3.05) is 27.2 Å². The Hall–Kier alpha value is -0.610. The van der Waals surface area contributed by atoms with Gasteiger partial charge in [0.1, 0.15) is 6.04 Å². The van der Waals surface area contributed by atoms with Gasteiger partial charge in [0.2, 0.25) is 0 Å². The van der Waals surface area contributed by atoms with Gasteiger partial charge >= 0.3 is 5.97 Å². The molecule has 1 unspecified atom stereocenters. The Balaban J connectivity index is 3.95. The van der Waals surface area contributed by atoms with E-state index in [1.807, 2.05) is 25.9 Å².